The fourth-order valence-electron chi connectivity index (χ4n) is 5.05. The molecule has 0 atom stereocenters. The Balaban J connectivity index is 1.30. The highest BCUT2D eigenvalue weighted by molar-refractivity contribution is 7.14. The van der Waals surface area contributed by atoms with E-state index in [1.165, 1.54) is 22.5 Å². The summed E-state index contributed by atoms with van der Waals surface area (Å²) in [5.41, 5.74) is 4.83. The molecule has 1 aliphatic rings. The molecule has 1 aliphatic heterocycles. The number of urea groups is 1. The zero-order chi connectivity index (χ0) is 28.4. The predicted molar refractivity (Wildman–Crippen MR) is 166 cm³/mol. The number of anilines is 1. The van der Waals surface area contributed by atoms with Crippen molar-refractivity contribution in [2.75, 3.05) is 51.3 Å². The van der Waals surface area contributed by atoms with Crippen LogP contribution in [0.3, 0.4) is 0 Å². The van der Waals surface area contributed by atoms with E-state index in [4.69, 9.17) is 4.74 Å². The van der Waals surface area contributed by atoms with Gasteiger partial charge >= 0.3 is 6.03 Å². The van der Waals surface area contributed by atoms with Gasteiger partial charge in [0.15, 0.2) is 5.13 Å². The van der Waals surface area contributed by atoms with Gasteiger partial charge in [-0.3, -0.25) is 10.2 Å². The number of morpholine rings is 1. The molecule has 0 saturated carbocycles. The minimum atomic E-state index is -0.147. The summed E-state index contributed by atoms with van der Waals surface area (Å²) in [7, 11) is 0. The van der Waals surface area contributed by atoms with Crippen molar-refractivity contribution in [1.82, 2.24) is 14.8 Å². The first-order valence-electron chi connectivity index (χ1n) is 14.0. The fourth-order valence-corrected chi connectivity index (χ4v) is 5.76. The summed E-state index contributed by atoms with van der Waals surface area (Å²) < 4.78 is 5.51. The van der Waals surface area contributed by atoms with Crippen molar-refractivity contribution in [2.45, 2.75) is 12.3 Å². The minimum absolute atomic E-state index is 0.0294. The van der Waals surface area contributed by atoms with Crippen LogP contribution in [0.25, 0.3) is 17.0 Å². The van der Waals surface area contributed by atoms with E-state index in [0.717, 1.165) is 50.5 Å². The lowest BCUT2D eigenvalue weighted by Gasteiger charge is -2.31. The second kappa shape index (κ2) is 14.1. The zero-order valence-corrected chi connectivity index (χ0v) is 23.9. The van der Waals surface area contributed by atoms with Crippen molar-refractivity contribution in [3.63, 3.8) is 0 Å². The topological polar surface area (TPSA) is 77.9 Å². The number of aliphatic hydroxyl groups is 1. The number of hydrogen-bond acceptors (Lipinski definition) is 6. The van der Waals surface area contributed by atoms with E-state index < -0.39 is 0 Å². The molecule has 2 N–H and O–H groups in total. The summed E-state index contributed by atoms with van der Waals surface area (Å²) >= 11 is 1.40. The number of carbonyl (C=O) groups excluding carboxylic acids is 1. The molecular formula is C33H36N4O3S. The van der Waals surface area contributed by atoms with Gasteiger partial charge in [0.1, 0.15) is 5.76 Å². The zero-order valence-electron chi connectivity index (χ0n) is 23.1. The summed E-state index contributed by atoms with van der Waals surface area (Å²) in [4.78, 5) is 22.6. The molecule has 4 aromatic rings. The summed E-state index contributed by atoms with van der Waals surface area (Å²) in [6.07, 6.45) is 0.802. The van der Waals surface area contributed by atoms with Crippen LogP contribution in [0.5, 0.6) is 0 Å². The Morgan fingerprint density at radius 1 is 0.976 bits per heavy atom. The molecule has 8 heteroatoms. The number of aliphatic hydroxyl groups excluding tert-OH is 1. The van der Waals surface area contributed by atoms with E-state index in [-0.39, 0.29) is 17.7 Å². The molecule has 0 unspecified atom stereocenters. The number of nitrogens with one attached hydrogen (secondary N) is 1. The summed E-state index contributed by atoms with van der Waals surface area (Å²) in [5, 5.41) is 15.1. The first-order valence-corrected chi connectivity index (χ1v) is 14.8. The quantitative estimate of drug-likeness (QED) is 0.196. The van der Waals surface area contributed by atoms with Crippen molar-refractivity contribution in [2.24, 2.45) is 0 Å². The lowest BCUT2D eigenvalue weighted by molar-refractivity contribution is 0.0351. The molecule has 3 aromatic carbocycles. The van der Waals surface area contributed by atoms with Crippen LogP contribution in [0, 0.1) is 0 Å². The Hall–Kier alpha value is -3.98. The first kappa shape index (κ1) is 28.5. The van der Waals surface area contributed by atoms with Crippen molar-refractivity contribution < 1.29 is 14.6 Å². The predicted octanol–water partition coefficient (Wildman–Crippen LogP) is 6.73. The Bertz CT molecular complexity index is 1360. The van der Waals surface area contributed by atoms with E-state index >= 15 is 0 Å². The molecule has 0 bridgehead atoms. The highest BCUT2D eigenvalue weighted by Crippen LogP contribution is 2.29. The van der Waals surface area contributed by atoms with E-state index in [2.05, 4.69) is 70.3 Å². The Morgan fingerprint density at radius 2 is 1.61 bits per heavy atom. The lowest BCUT2D eigenvalue weighted by atomic mass is 9.88. The summed E-state index contributed by atoms with van der Waals surface area (Å²) in [5.74, 6) is 0.210. The van der Waals surface area contributed by atoms with Gasteiger partial charge in [0.25, 0.3) is 0 Å². The summed E-state index contributed by atoms with van der Waals surface area (Å²) in [6.45, 7) is 8.80. The van der Waals surface area contributed by atoms with Gasteiger partial charge in [-0.2, -0.15) is 0 Å². The van der Waals surface area contributed by atoms with Crippen molar-refractivity contribution in [1.29, 1.82) is 0 Å². The molecule has 2 heterocycles. The fraction of sp³-hybridized carbons (Fsp3) is 0.273. The number of nitrogens with zero attached hydrogens (tertiary/aromatic N) is 3. The van der Waals surface area contributed by atoms with Gasteiger partial charge in [-0.1, -0.05) is 91.5 Å². The monoisotopic (exact) mass is 568 g/mol. The number of ether oxygens (including phenoxy) is 1. The van der Waals surface area contributed by atoms with Crippen molar-refractivity contribution in [3.05, 3.63) is 114 Å². The molecule has 1 fully saturated rings. The molecule has 7 nitrogen and oxygen atoms in total. The largest absolute Gasteiger partial charge is 0.508 e. The number of aromatic nitrogens is 1. The molecule has 1 aromatic heterocycles. The third kappa shape index (κ3) is 7.82. The first-order chi connectivity index (χ1) is 20.1. The maximum absolute atomic E-state index is 13.6. The van der Waals surface area contributed by atoms with Gasteiger partial charge in [0.05, 0.1) is 18.9 Å². The van der Waals surface area contributed by atoms with E-state index in [0.29, 0.717) is 23.8 Å². The average molecular weight is 569 g/mol. The smallest absolute Gasteiger partial charge is 0.323 e. The Kier molecular flexibility index (Phi) is 9.80. The van der Waals surface area contributed by atoms with Crippen LogP contribution < -0.4 is 5.32 Å². The standard InChI is InChI=1S/C33H36N4O3S/c1-25(38)26-12-14-29(15-13-26)31-24-41-32(34-31)35-33(39)37(19-18-36-20-22-40-23-21-36)17-16-30(27-8-4-2-5-9-27)28-10-6-3-7-11-28/h2-15,24,30,38H,1,16-23H2,(H,34,35,39). The van der Waals surface area contributed by atoms with Gasteiger partial charge in [-0.05, 0) is 17.5 Å². The SMILES string of the molecule is C=C(O)c1ccc(-c2csc(NC(=O)N(CCC(c3ccccc3)c3ccccc3)CCN3CCOCC3)n2)cc1. The second-order valence-corrected chi connectivity index (χ2v) is 11.0. The van der Waals surface area contributed by atoms with Gasteiger partial charge in [-0.25, -0.2) is 9.78 Å². The lowest BCUT2D eigenvalue weighted by Crippen LogP contribution is -2.44. The van der Waals surface area contributed by atoms with Crippen molar-refractivity contribution >= 4 is 28.3 Å². The Labute approximate surface area is 245 Å². The molecule has 0 aliphatic carbocycles. The van der Waals surface area contributed by atoms with E-state index in [9.17, 15) is 9.90 Å². The van der Waals surface area contributed by atoms with Crippen LogP contribution >= 0.6 is 11.3 Å². The maximum Gasteiger partial charge on any atom is 0.323 e. The minimum Gasteiger partial charge on any atom is -0.508 e. The number of amides is 2. The number of carbonyl (C=O) groups is 1. The molecule has 0 spiro atoms. The van der Waals surface area contributed by atoms with Crippen LogP contribution in [-0.2, 0) is 4.74 Å². The van der Waals surface area contributed by atoms with E-state index in [1.54, 1.807) is 12.1 Å². The van der Waals surface area contributed by atoms with Crippen LogP contribution in [0.4, 0.5) is 9.93 Å². The highest BCUT2D eigenvalue weighted by Gasteiger charge is 2.21. The highest BCUT2D eigenvalue weighted by atomic mass is 32.1. The third-order valence-electron chi connectivity index (χ3n) is 7.40. The number of thiazole rings is 1. The molecule has 5 rings (SSSR count). The van der Waals surface area contributed by atoms with Crippen LogP contribution in [0.2, 0.25) is 0 Å². The number of hydrogen-bond donors (Lipinski definition) is 2. The van der Waals surface area contributed by atoms with Crippen LogP contribution in [0.1, 0.15) is 29.0 Å². The van der Waals surface area contributed by atoms with Gasteiger partial charge < -0.3 is 14.7 Å². The average Bonchev–Trinajstić information content (AvgIpc) is 3.48. The molecule has 0 radical (unpaired) electrons. The molecule has 2 amide bonds. The van der Waals surface area contributed by atoms with E-state index in [1.807, 2.05) is 34.5 Å². The van der Waals surface area contributed by atoms with Crippen molar-refractivity contribution in [3.8, 4) is 11.3 Å². The molecule has 41 heavy (non-hydrogen) atoms. The van der Waals surface area contributed by atoms with Gasteiger partial charge in [0, 0.05) is 55.1 Å². The number of benzene rings is 3. The number of rotatable bonds is 11. The molecule has 212 valence electrons. The Morgan fingerprint density at radius 3 is 2.22 bits per heavy atom. The van der Waals surface area contributed by atoms with Crippen LogP contribution in [0.15, 0.2) is 96.9 Å². The molecular weight excluding hydrogens is 532 g/mol. The van der Waals surface area contributed by atoms with Crippen LogP contribution in [-0.4, -0.2) is 71.9 Å². The third-order valence-corrected chi connectivity index (χ3v) is 8.16. The van der Waals surface area contributed by atoms with Gasteiger partial charge in [-0.15, -0.1) is 11.3 Å². The normalized spacial score (nSPS) is 13.7. The van der Waals surface area contributed by atoms with Gasteiger partial charge in [0.2, 0.25) is 0 Å². The molecule has 1 saturated heterocycles. The summed E-state index contributed by atoms with van der Waals surface area (Å²) in [6, 6.07) is 28.2. The second-order valence-electron chi connectivity index (χ2n) is 10.1. The maximum atomic E-state index is 13.6.